The molecule has 0 spiro atoms. The highest BCUT2D eigenvalue weighted by molar-refractivity contribution is 5.89. The number of urea groups is 1. The zero-order valence-corrected chi connectivity index (χ0v) is 11.1. The number of rotatable bonds is 2. The third-order valence-electron chi connectivity index (χ3n) is 3.44. The molecule has 1 fully saturated rings. The minimum atomic E-state index is 0.00718. The smallest absolute Gasteiger partial charge is 0.321 e. The lowest BCUT2D eigenvalue weighted by molar-refractivity contribution is 0.148. The predicted molar refractivity (Wildman–Crippen MR) is 73.7 cm³/mol. The quantitative estimate of drug-likeness (QED) is 0.870. The summed E-state index contributed by atoms with van der Waals surface area (Å²) in [5, 5.41) is 2.94. The third kappa shape index (κ3) is 3.23. The molecule has 18 heavy (non-hydrogen) atoms. The van der Waals surface area contributed by atoms with E-state index in [4.69, 9.17) is 0 Å². The van der Waals surface area contributed by atoms with Gasteiger partial charge >= 0.3 is 6.03 Å². The second-order valence-corrected chi connectivity index (χ2v) is 5.00. The molecule has 0 bridgehead atoms. The first-order valence-corrected chi connectivity index (χ1v) is 6.44. The lowest BCUT2D eigenvalue weighted by Crippen LogP contribution is -2.48. The summed E-state index contributed by atoms with van der Waals surface area (Å²) in [7, 11) is 4.15. The largest absolute Gasteiger partial charge is 0.323 e. The minimum Gasteiger partial charge on any atom is -0.323 e. The molecule has 2 amide bonds. The van der Waals surface area contributed by atoms with E-state index in [1.165, 1.54) is 6.42 Å². The SMILES string of the molecule is CN(C)[C@@H]1CCCN(C(=O)Nc2ccccc2)C1. The molecule has 98 valence electrons. The van der Waals surface area contributed by atoms with Crippen LogP contribution in [0.1, 0.15) is 12.8 Å². The highest BCUT2D eigenvalue weighted by atomic mass is 16.2. The van der Waals surface area contributed by atoms with Crippen molar-refractivity contribution in [1.29, 1.82) is 0 Å². The highest BCUT2D eigenvalue weighted by Crippen LogP contribution is 2.15. The Balaban J connectivity index is 1.93. The number of carbonyl (C=O) groups excluding carboxylic acids is 1. The molecule has 1 atom stereocenters. The van der Waals surface area contributed by atoms with E-state index >= 15 is 0 Å². The number of hydrogen-bond donors (Lipinski definition) is 1. The van der Waals surface area contributed by atoms with Gasteiger partial charge in [-0.1, -0.05) is 18.2 Å². The number of para-hydroxylation sites is 1. The van der Waals surface area contributed by atoms with Crippen LogP contribution in [0.25, 0.3) is 0 Å². The summed E-state index contributed by atoms with van der Waals surface area (Å²) < 4.78 is 0. The molecule has 0 saturated carbocycles. The summed E-state index contributed by atoms with van der Waals surface area (Å²) in [5.74, 6) is 0. The van der Waals surface area contributed by atoms with Gasteiger partial charge in [-0.15, -0.1) is 0 Å². The van der Waals surface area contributed by atoms with Crippen LogP contribution < -0.4 is 5.32 Å². The second kappa shape index (κ2) is 5.87. The molecular formula is C14H21N3O. The van der Waals surface area contributed by atoms with Gasteiger partial charge in [-0.2, -0.15) is 0 Å². The maximum atomic E-state index is 12.1. The van der Waals surface area contributed by atoms with E-state index in [1.54, 1.807) is 0 Å². The first-order valence-electron chi connectivity index (χ1n) is 6.44. The maximum Gasteiger partial charge on any atom is 0.321 e. The zero-order chi connectivity index (χ0) is 13.0. The number of likely N-dealkylation sites (tertiary alicyclic amines) is 1. The summed E-state index contributed by atoms with van der Waals surface area (Å²) in [6.07, 6.45) is 2.24. The van der Waals surface area contributed by atoms with E-state index in [2.05, 4.69) is 24.3 Å². The standard InChI is InChI=1S/C14H21N3O/c1-16(2)13-9-6-10-17(11-13)14(18)15-12-7-4-3-5-8-12/h3-5,7-8,13H,6,9-11H2,1-2H3,(H,15,18)/t13-/m1/s1. The van der Waals surface area contributed by atoms with E-state index in [0.717, 1.165) is 25.2 Å². The lowest BCUT2D eigenvalue weighted by atomic mass is 10.1. The highest BCUT2D eigenvalue weighted by Gasteiger charge is 2.24. The van der Waals surface area contributed by atoms with Gasteiger partial charge in [-0.25, -0.2) is 4.79 Å². The molecular weight excluding hydrogens is 226 g/mol. The van der Waals surface area contributed by atoms with Crippen LogP contribution in [0.5, 0.6) is 0 Å². The van der Waals surface area contributed by atoms with Crippen LogP contribution in [-0.4, -0.2) is 49.1 Å². The van der Waals surface area contributed by atoms with Gasteiger partial charge in [0.2, 0.25) is 0 Å². The van der Waals surface area contributed by atoms with Crippen LogP contribution >= 0.6 is 0 Å². The number of amides is 2. The van der Waals surface area contributed by atoms with Crippen molar-refractivity contribution in [3.05, 3.63) is 30.3 Å². The number of carbonyl (C=O) groups is 1. The molecule has 0 aliphatic carbocycles. The van der Waals surface area contributed by atoms with E-state index in [9.17, 15) is 4.79 Å². The van der Waals surface area contributed by atoms with Crippen LogP contribution in [0, 0.1) is 0 Å². The Kier molecular flexibility index (Phi) is 4.20. The molecule has 1 saturated heterocycles. The van der Waals surface area contributed by atoms with Crippen molar-refractivity contribution in [2.75, 3.05) is 32.5 Å². The Morgan fingerprint density at radius 3 is 2.72 bits per heavy atom. The fourth-order valence-electron chi connectivity index (χ4n) is 2.28. The monoisotopic (exact) mass is 247 g/mol. The van der Waals surface area contributed by atoms with Crippen LogP contribution in [0.2, 0.25) is 0 Å². The van der Waals surface area contributed by atoms with Gasteiger partial charge in [0, 0.05) is 24.8 Å². The van der Waals surface area contributed by atoms with Gasteiger partial charge in [0.1, 0.15) is 0 Å². The summed E-state index contributed by atoms with van der Waals surface area (Å²) in [5.41, 5.74) is 0.856. The third-order valence-corrected chi connectivity index (χ3v) is 3.44. The molecule has 1 aliphatic heterocycles. The molecule has 4 nitrogen and oxygen atoms in total. The number of anilines is 1. The summed E-state index contributed by atoms with van der Waals surface area (Å²) in [4.78, 5) is 16.2. The first-order chi connectivity index (χ1) is 8.66. The molecule has 4 heteroatoms. The number of nitrogens with zero attached hydrogens (tertiary/aromatic N) is 2. The van der Waals surface area contributed by atoms with Crippen molar-refractivity contribution in [3.8, 4) is 0 Å². The molecule has 0 aromatic heterocycles. The number of benzene rings is 1. The molecule has 0 radical (unpaired) electrons. The molecule has 1 aliphatic rings. The van der Waals surface area contributed by atoms with Crippen molar-refractivity contribution in [3.63, 3.8) is 0 Å². The normalized spacial score (nSPS) is 19.9. The Morgan fingerprint density at radius 1 is 1.33 bits per heavy atom. The van der Waals surface area contributed by atoms with Crippen molar-refractivity contribution >= 4 is 11.7 Å². The average molecular weight is 247 g/mol. The Labute approximate surface area is 109 Å². The topological polar surface area (TPSA) is 35.6 Å². The molecule has 1 aromatic rings. The van der Waals surface area contributed by atoms with E-state index in [-0.39, 0.29) is 6.03 Å². The van der Waals surface area contributed by atoms with Crippen molar-refractivity contribution < 1.29 is 4.79 Å². The van der Waals surface area contributed by atoms with Crippen molar-refractivity contribution in [2.45, 2.75) is 18.9 Å². The second-order valence-electron chi connectivity index (χ2n) is 5.00. The average Bonchev–Trinajstić information content (AvgIpc) is 2.40. The fraction of sp³-hybridized carbons (Fsp3) is 0.500. The number of likely N-dealkylation sites (N-methyl/N-ethyl adjacent to an activating group) is 1. The minimum absolute atomic E-state index is 0.00718. The number of piperidine rings is 1. The molecule has 2 rings (SSSR count). The molecule has 1 heterocycles. The maximum absolute atomic E-state index is 12.1. The van der Waals surface area contributed by atoms with Crippen LogP contribution in [-0.2, 0) is 0 Å². The van der Waals surface area contributed by atoms with Gasteiger partial charge in [0.25, 0.3) is 0 Å². The molecule has 0 unspecified atom stereocenters. The Bertz CT molecular complexity index is 391. The molecule has 1 aromatic carbocycles. The predicted octanol–water partition coefficient (Wildman–Crippen LogP) is 2.24. The zero-order valence-electron chi connectivity index (χ0n) is 11.1. The van der Waals surface area contributed by atoms with E-state index in [0.29, 0.717) is 6.04 Å². The Hall–Kier alpha value is -1.55. The van der Waals surface area contributed by atoms with E-state index in [1.807, 2.05) is 35.2 Å². The van der Waals surface area contributed by atoms with Crippen LogP contribution in [0.15, 0.2) is 30.3 Å². The van der Waals surface area contributed by atoms with Crippen LogP contribution in [0.4, 0.5) is 10.5 Å². The van der Waals surface area contributed by atoms with Crippen molar-refractivity contribution in [1.82, 2.24) is 9.80 Å². The van der Waals surface area contributed by atoms with Crippen molar-refractivity contribution in [2.24, 2.45) is 0 Å². The van der Waals surface area contributed by atoms with Gasteiger partial charge in [-0.05, 0) is 39.1 Å². The summed E-state index contributed by atoms with van der Waals surface area (Å²) in [6, 6.07) is 10.1. The van der Waals surface area contributed by atoms with Gasteiger partial charge in [-0.3, -0.25) is 0 Å². The summed E-state index contributed by atoms with van der Waals surface area (Å²) >= 11 is 0. The fourth-order valence-corrected chi connectivity index (χ4v) is 2.28. The van der Waals surface area contributed by atoms with E-state index < -0.39 is 0 Å². The van der Waals surface area contributed by atoms with Gasteiger partial charge in [0.15, 0.2) is 0 Å². The van der Waals surface area contributed by atoms with Gasteiger partial charge < -0.3 is 15.1 Å². The molecule has 1 N–H and O–H groups in total. The number of nitrogens with one attached hydrogen (secondary N) is 1. The Morgan fingerprint density at radius 2 is 2.06 bits per heavy atom. The first kappa shape index (κ1) is 12.9. The number of hydrogen-bond acceptors (Lipinski definition) is 2. The summed E-state index contributed by atoms with van der Waals surface area (Å²) in [6.45, 7) is 1.66. The van der Waals surface area contributed by atoms with Gasteiger partial charge in [0.05, 0.1) is 0 Å². The van der Waals surface area contributed by atoms with Crippen LogP contribution in [0.3, 0.4) is 0 Å². The lowest BCUT2D eigenvalue weighted by Gasteiger charge is -2.36.